The van der Waals surface area contributed by atoms with Crippen LogP contribution < -0.4 is 0 Å². The first-order valence-electron chi connectivity index (χ1n) is 2.68. The monoisotopic (exact) mass is 138 g/mol. The first-order chi connectivity index (χ1) is 4.74. The number of aryl methyl sites for hydroxylation is 1. The normalized spacial score (nSPS) is 12.5. The zero-order valence-corrected chi connectivity index (χ0v) is 5.39. The topological polar surface area (TPSA) is 74.7 Å². The van der Waals surface area contributed by atoms with E-state index >= 15 is 0 Å². The molecule has 0 spiro atoms. The van der Waals surface area contributed by atoms with Gasteiger partial charge in [-0.1, -0.05) is 5.21 Å². The zero-order valence-electron chi connectivity index (χ0n) is 5.39. The Bertz CT molecular complexity index is 261. The quantitative estimate of drug-likeness (QED) is 0.524. The molecule has 0 aliphatic rings. The van der Waals surface area contributed by atoms with Crippen LogP contribution in [0, 0.1) is 11.3 Å². The van der Waals surface area contributed by atoms with Crippen LogP contribution in [-0.4, -0.2) is 20.1 Å². The van der Waals surface area contributed by atoms with Gasteiger partial charge in [-0.25, -0.2) is 0 Å². The van der Waals surface area contributed by atoms with Gasteiger partial charge >= 0.3 is 0 Å². The summed E-state index contributed by atoms with van der Waals surface area (Å²) in [4.78, 5) is 0. The summed E-state index contributed by atoms with van der Waals surface area (Å²) in [6.07, 6.45) is 0.335. The van der Waals surface area contributed by atoms with Crippen LogP contribution in [0.15, 0.2) is 6.20 Å². The largest absolute Gasteiger partial charge is 0.373 e. The van der Waals surface area contributed by atoms with Crippen molar-refractivity contribution in [2.75, 3.05) is 0 Å². The van der Waals surface area contributed by atoms with Crippen molar-refractivity contribution < 1.29 is 5.11 Å². The summed E-state index contributed by atoms with van der Waals surface area (Å²) >= 11 is 0. The lowest BCUT2D eigenvalue weighted by atomic mass is 10.3. The Morgan fingerprint density at radius 2 is 2.60 bits per heavy atom. The standard InChI is InChI=1S/C5H6N4O/c1-9-3-4(7-8-9)5(10)2-6/h3,5,10H,1H3/t5-/m0/s1. The Morgan fingerprint density at radius 1 is 1.90 bits per heavy atom. The molecule has 0 bridgehead atoms. The summed E-state index contributed by atoms with van der Waals surface area (Å²) in [7, 11) is 1.67. The molecule has 0 saturated carbocycles. The predicted octanol–water partition coefficient (Wildman–Crippen LogP) is -0.628. The summed E-state index contributed by atoms with van der Waals surface area (Å²) in [6, 6.07) is 1.63. The third kappa shape index (κ3) is 1.11. The summed E-state index contributed by atoms with van der Waals surface area (Å²) in [5, 5.41) is 24.2. The van der Waals surface area contributed by atoms with Crippen LogP contribution >= 0.6 is 0 Å². The maximum Gasteiger partial charge on any atom is 0.186 e. The molecule has 5 heteroatoms. The molecule has 0 aliphatic carbocycles. The van der Waals surface area contributed by atoms with E-state index < -0.39 is 6.10 Å². The van der Waals surface area contributed by atoms with Gasteiger partial charge in [0.25, 0.3) is 0 Å². The van der Waals surface area contributed by atoms with Gasteiger partial charge in [-0.15, -0.1) is 5.10 Å². The second-order valence-electron chi connectivity index (χ2n) is 1.85. The molecule has 10 heavy (non-hydrogen) atoms. The Labute approximate surface area is 57.5 Å². The molecule has 0 aromatic carbocycles. The number of rotatable bonds is 1. The highest BCUT2D eigenvalue weighted by Crippen LogP contribution is 2.04. The molecule has 0 fully saturated rings. The fourth-order valence-corrected chi connectivity index (χ4v) is 0.557. The zero-order chi connectivity index (χ0) is 7.56. The molecule has 52 valence electrons. The van der Waals surface area contributed by atoms with E-state index in [2.05, 4.69) is 10.3 Å². The van der Waals surface area contributed by atoms with E-state index in [1.165, 1.54) is 10.9 Å². The summed E-state index contributed by atoms with van der Waals surface area (Å²) < 4.78 is 1.43. The van der Waals surface area contributed by atoms with Crippen molar-refractivity contribution in [1.29, 1.82) is 5.26 Å². The van der Waals surface area contributed by atoms with Crippen molar-refractivity contribution in [3.05, 3.63) is 11.9 Å². The van der Waals surface area contributed by atoms with Crippen molar-refractivity contribution in [3.63, 3.8) is 0 Å². The van der Waals surface area contributed by atoms with Crippen molar-refractivity contribution in [1.82, 2.24) is 15.0 Å². The third-order valence-electron chi connectivity index (χ3n) is 1.02. The molecule has 0 amide bonds. The van der Waals surface area contributed by atoms with E-state index in [1.54, 1.807) is 13.1 Å². The van der Waals surface area contributed by atoms with Gasteiger partial charge in [0.05, 0.1) is 6.20 Å². The molecule has 1 heterocycles. The SMILES string of the molecule is Cn1cc([C@@H](O)C#N)nn1. The summed E-state index contributed by atoms with van der Waals surface area (Å²) in [6.45, 7) is 0. The minimum absolute atomic E-state index is 0.282. The Morgan fingerprint density at radius 3 is 3.00 bits per heavy atom. The number of nitrogens with zero attached hydrogens (tertiary/aromatic N) is 4. The number of aliphatic hydroxyl groups excluding tert-OH is 1. The molecule has 1 N–H and O–H groups in total. The van der Waals surface area contributed by atoms with Crippen LogP contribution in [0.3, 0.4) is 0 Å². The van der Waals surface area contributed by atoms with Crippen molar-refractivity contribution in [3.8, 4) is 6.07 Å². The van der Waals surface area contributed by atoms with Gasteiger partial charge in [0, 0.05) is 7.05 Å². The second-order valence-corrected chi connectivity index (χ2v) is 1.85. The molecule has 1 rings (SSSR count). The fourth-order valence-electron chi connectivity index (χ4n) is 0.557. The van der Waals surface area contributed by atoms with Gasteiger partial charge in [-0.2, -0.15) is 5.26 Å². The predicted molar refractivity (Wildman–Crippen MR) is 31.6 cm³/mol. The molecule has 5 nitrogen and oxygen atoms in total. The van der Waals surface area contributed by atoms with Crippen molar-refractivity contribution in [2.24, 2.45) is 7.05 Å². The van der Waals surface area contributed by atoms with Crippen LogP contribution in [0.5, 0.6) is 0 Å². The second kappa shape index (κ2) is 2.45. The smallest absolute Gasteiger partial charge is 0.186 e. The first kappa shape index (κ1) is 6.71. The Kier molecular flexibility index (Phi) is 1.65. The van der Waals surface area contributed by atoms with E-state index in [0.717, 1.165) is 0 Å². The fraction of sp³-hybridized carbons (Fsp3) is 0.400. The third-order valence-corrected chi connectivity index (χ3v) is 1.02. The van der Waals surface area contributed by atoms with Crippen LogP contribution in [0.2, 0.25) is 0 Å². The Hall–Kier alpha value is -1.41. The molecule has 1 atom stereocenters. The lowest BCUT2D eigenvalue weighted by molar-refractivity contribution is 0.231. The van der Waals surface area contributed by atoms with E-state index in [0.29, 0.717) is 0 Å². The lowest BCUT2D eigenvalue weighted by Crippen LogP contribution is -1.92. The summed E-state index contributed by atoms with van der Waals surface area (Å²) in [5.74, 6) is 0. The number of aliphatic hydroxyl groups is 1. The molecule has 0 aliphatic heterocycles. The van der Waals surface area contributed by atoms with Gasteiger partial charge in [0.1, 0.15) is 11.8 Å². The highest BCUT2D eigenvalue weighted by atomic mass is 16.3. The van der Waals surface area contributed by atoms with E-state index in [1.807, 2.05) is 0 Å². The van der Waals surface area contributed by atoms with Crippen LogP contribution in [0.25, 0.3) is 0 Å². The summed E-state index contributed by atoms with van der Waals surface area (Å²) in [5.41, 5.74) is 0.282. The van der Waals surface area contributed by atoms with Crippen LogP contribution in [-0.2, 0) is 7.05 Å². The number of aromatic nitrogens is 3. The van der Waals surface area contributed by atoms with Gasteiger partial charge in [0.2, 0.25) is 0 Å². The van der Waals surface area contributed by atoms with Gasteiger partial charge < -0.3 is 5.11 Å². The van der Waals surface area contributed by atoms with E-state index in [-0.39, 0.29) is 5.69 Å². The first-order valence-corrected chi connectivity index (χ1v) is 2.68. The average Bonchev–Trinajstić information content (AvgIpc) is 2.34. The number of hydrogen-bond acceptors (Lipinski definition) is 4. The molecule has 0 saturated heterocycles. The molecular formula is C5H6N4O. The van der Waals surface area contributed by atoms with Crippen molar-refractivity contribution >= 4 is 0 Å². The average molecular weight is 138 g/mol. The maximum absolute atomic E-state index is 8.87. The minimum atomic E-state index is -1.16. The molecule has 1 aromatic rings. The highest BCUT2D eigenvalue weighted by Gasteiger charge is 2.08. The van der Waals surface area contributed by atoms with Gasteiger partial charge in [0.15, 0.2) is 6.10 Å². The minimum Gasteiger partial charge on any atom is -0.373 e. The van der Waals surface area contributed by atoms with Crippen LogP contribution in [0.4, 0.5) is 0 Å². The van der Waals surface area contributed by atoms with E-state index in [4.69, 9.17) is 10.4 Å². The maximum atomic E-state index is 8.87. The Balaban J connectivity index is 2.87. The number of hydrogen-bond donors (Lipinski definition) is 1. The highest BCUT2D eigenvalue weighted by molar-refractivity contribution is 5.05. The lowest BCUT2D eigenvalue weighted by Gasteiger charge is -1.89. The molecular weight excluding hydrogens is 132 g/mol. The number of nitriles is 1. The van der Waals surface area contributed by atoms with E-state index in [9.17, 15) is 0 Å². The molecule has 0 unspecified atom stereocenters. The van der Waals surface area contributed by atoms with Gasteiger partial charge in [-0.05, 0) is 0 Å². The van der Waals surface area contributed by atoms with Gasteiger partial charge in [-0.3, -0.25) is 4.68 Å². The van der Waals surface area contributed by atoms with Crippen LogP contribution in [0.1, 0.15) is 11.8 Å². The van der Waals surface area contributed by atoms with Crippen molar-refractivity contribution in [2.45, 2.75) is 6.10 Å². The molecule has 1 aromatic heterocycles. The molecule has 0 radical (unpaired) electrons.